The van der Waals surface area contributed by atoms with Crippen molar-refractivity contribution in [1.29, 1.82) is 5.26 Å². The summed E-state index contributed by atoms with van der Waals surface area (Å²) in [5, 5.41) is 8.83. The van der Waals surface area contributed by atoms with E-state index in [1.165, 1.54) is 5.57 Å². The lowest BCUT2D eigenvalue weighted by molar-refractivity contribution is 1.000. The second-order valence-corrected chi connectivity index (χ2v) is 3.01. The normalized spacial score (nSPS) is 16.5. The highest BCUT2D eigenvalue weighted by molar-refractivity contribution is 5.80. The van der Waals surface area contributed by atoms with Crippen molar-refractivity contribution >= 4 is 6.21 Å². The first-order valence-corrected chi connectivity index (χ1v) is 4.67. The molecule has 0 spiro atoms. The highest BCUT2D eigenvalue weighted by Crippen LogP contribution is 2.19. The number of rotatable bonds is 2. The van der Waals surface area contributed by atoms with E-state index in [2.05, 4.69) is 31.0 Å². The molecule has 1 aliphatic heterocycles. The van der Waals surface area contributed by atoms with Crippen LogP contribution in [0.3, 0.4) is 0 Å². The van der Waals surface area contributed by atoms with Gasteiger partial charge in [-0.3, -0.25) is 0 Å². The van der Waals surface area contributed by atoms with Crippen LogP contribution < -0.4 is 0 Å². The Morgan fingerprint density at radius 3 is 2.77 bits per heavy atom. The molecule has 0 aromatic rings. The summed E-state index contributed by atoms with van der Waals surface area (Å²) < 4.78 is 0. The largest absolute Gasteiger partial charge is 0.245 e. The summed E-state index contributed by atoms with van der Waals surface area (Å²) >= 11 is 0. The SMILES string of the molecule is CCC1=CCC(CC)=C(C#N)N=C1. The van der Waals surface area contributed by atoms with Crippen molar-refractivity contribution in [3.05, 3.63) is 22.9 Å². The summed E-state index contributed by atoms with van der Waals surface area (Å²) in [7, 11) is 0. The number of nitriles is 1. The third-order valence-corrected chi connectivity index (χ3v) is 2.25. The predicted octanol–water partition coefficient (Wildman–Crippen LogP) is 2.98. The third kappa shape index (κ3) is 2.29. The zero-order chi connectivity index (χ0) is 9.68. The van der Waals surface area contributed by atoms with Gasteiger partial charge >= 0.3 is 0 Å². The van der Waals surface area contributed by atoms with Gasteiger partial charge in [0, 0.05) is 6.21 Å². The van der Waals surface area contributed by atoms with Crippen LogP contribution in [0.2, 0.25) is 0 Å². The summed E-state index contributed by atoms with van der Waals surface area (Å²) in [4.78, 5) is 4.17. The molecule has 0 aliphatic carbocycles. The second-order valence-electron chi connectivity index (χ2n) is 3.01. The van der Waals surface area contributed by atoms with Crippen LogP contribution in [0.25, 0.3) is 0 Å². The van der Waals surface area contributed by atoms with E-state index in [1.54, 1.807) is 6.21 Å². The Kier molecular flexibility index (Phi) is 3.45. The molecule has 0 atom stereocenters. The van der Waals surface area contributed by atoms with Crippen molar-refractivity contribution in [1.82, 2.24) is 0 Å². The van der Waals surface area contributed by atoms with E-state index in [4.69, 9.17) is 5.26 Å². The third-order valence-electron chi connectivity index (χ3n) is 2.25. The maximum absolute atomic E-state index is 8.83. The molecule has 2 heteroatoms. The topological polar surface area (TPSA) is 36.1 Å². The van der Waals surface area contributed by atoms with Crippen LogP contribution in [0.15, 0.2) is 27.9 Å². The lowest BCUT2D eigenvalue weighted by Gasteiger charge is -1.98. The monoisotopic (exact) mass is 174 g/mol. The van der Waals surface area contributed by atoms with Crippen molar-refractivity contribution in [3.8, 4) is 6.07 Å². The summed E-state index contributed by atoms with van der Waals surface area (Å²) in [6.45, 7) is 4.16. The van der Waals surface area contributed by atoms with E-state index < -0.39 is 0 Å². The van der Waals surface area contributed by atoms with Gasteiger partial charge < -0.3 is 0 Å². The molecular weight excluding hydrogens is 160 g/mol. The minimum atomic E-state index is 0.599. The van der Waals surface area contributed by atoms with Crippen molar-refractivity contribution in [2.75, 3.05) is 0 Å². The summed E-state index contributed by atoms with van der Waals surface area (Å²) in [6, 6.07) is 2.14. The summed E-state index contributed by atoms with van der Waals surface area (Å²) in [5.74, 6) is 0. The van der Waals surface area contributed by atoms with Crippen LogP contribution in [-0.2, 0) is 0 Å². The first-order valence-electron chi connectivity index (χ1n) is 4.67. The second kappa shape index (κ2) is 4.61. The molecule has 2 nitrogen and oxygen atoms in total. The quantitative estimate of drug-likeness (QED) is 0.634. The molecule has 1 heterocycles. The van der Waals surface area contributed by atoms with E-state index in [-0.39, 0.29) is 0 Å². The van der Waals surface area contributed by atoms with Gasteiger partial charge in [-0.05, 0) is 30.4 Å². The molecule has 0 aromatic carbocycles. The van der Waals surface area contributed by atoms with E-state index in [0.717, 1.165) is 24.8 Å². The lowest BCUT2D eigenvalue weighted by Crippen LogP contribution is -1.83. The molecule has 0 aromatic heterocycles. The molecule has 1 rings (SSSR count). The lowest BCUT2D eigenvalue weighted by atomic mass is 10.1. The van der Waals surface area contributed by atoms with Crippen LogP contribution in [-0.4, -0.2) is 6.21 Å². The van der Waals surface area contributed by atoms with Gasteiger partial charge in [0.2, 0.25) is 0 Å². The number of allylic oxidation sites excluding steroid dienone is 4. The smallest absolute Gasteiger partial charge is 0.139 e. The van der Waals surface area contributed by atoms with E-state index >= 15 is 0 Å². The molecule has 0 amide bonds. The van der Waals surface area contributed by atoms with Gasteiger partial charge in [0.1, 0.15) is 11.8 Å². The fourth-order valence-electron chi connectivity index (χ4n) is 1.30. The van der Waals surface area contributed by atoms with Crippen LogP contribution in [0.5, 0.6) is 0 Å². The van der Waals surface area contributed by atoms with Gasteiger partial charge in [0.25, 0.3) is 0 Å². The van der Waals surface area contributed by atoms with Gasteiger partial charge in [-0.25, -0.2) is 4.99 Å². The average molecular weight is 174 g/mol. The molecule has 0 N–H and O–H groups in total. The Morgan fingerprint density at radius 1 is 1.46 bits per heavy atom. The van der Waals surface area contributed by atoms with E-state index in [0.29, 0.717) is 5.70 Å². The van der Waals surface area contributed by atoms with Crippen molar-refractivity contribution in [2.24, 2.45) is 4.99 Å². The molecule has 0 saturated carbocycles. The van der Waals surface area contributed by atoms with Crippen molar-refractivity contribution in [3.63, 3.8) is 0 Å². The molecule has 13 heavy (non-hydrogen) atoms. The highest BCUT2D eigenvalue weighted by atomic mass is 14.7. The number of nitrogens with zero attached hydrogens (tertiary/aromatic N) is 2. The van der Waals surface area contributed by atoms with Crippen LogP contribution in [0.4, 0.5) is 0 Å². The maximum Gasteiger partial charge on any atom is 0.139 e. The average Bonchev–Trinajstić information content (AvgIpc) is 2.38. The van der Waals surface area contributed by atoms with Crippen LogP contribution in [0, 0.1) is 11.3 Å². The summed E-state index contributed by atoms with van der Waals surface area (Å²) in [5.41, 5.74) is 2.96. The van der Waals surface area contributed by atoms with Gasteiger partial charge in [-0.1, -0.05) is 19.9 Å². The highest BCUT2D eigenvalue weighted by Gasteiger charge is 2.05. The Labute approximate surface area is 79.3 Å². The molecule has 0 radical (unpaired) electrons. The zero-order valence-electron chi connectivity index (χ0n) is 8.17. The first-order chi connectivity index (χ1) is 6.31. The maximum atomic E-state index is 8.83. The molecular formula is C11H14N2. The van der Waals surface area contributed by atoms with Crippen LogP contribution in [0.1, 0.15) is 33.1 Å². The number of hydrogen-bond donors (Lipinski definition) is 0. The molecule has 0 bridgehead atoms. The van der Waals surface area contributed by atoms with Crippen molar-refractivity contribution in [2.45, 2.75) is 33.1 Å². The Balaban J connectivity index is 2.94. The fraction of sp³-hybridized carbons (Fsp3) is 0.455. The Bertz CT molecular complexity index is 313. The minimum Gasteiger partial charge on any atom is -0.245 e. The van der Waals surface area contributed by atoms with Gasteiger partial charge in [0.15, 0.2) is 0 Å². The standard InChI is InChI=1S/C11H14N2/c1-3-9-5-6-10(4-2)11(7-12)13-8-9/h5,8H,3-4,6H2,1-2H3. The Hall–Kier alpha value is -1.36. The summed E-state index contributed by atoms with van der Waals surface area (Å²) in [6.07, 6.45) is 6.74. The Morgan fingerprint density at radius 2 is 2.23 bits per heavy atom. The van der Waals surface area contributed by atoms with E-state index in [1.807, 2.05) is 0 Å². The molecule has 0 unspecified atom stereocenters. The molecule has 0 fully saturated rings. The zero-order valence-corrected chi connectivity index (χ0v) is 8.17. The van der Waals surface area contributed by atoms with Crippen LogP contribution >= 0.6 is 0 Å². The predicted molar refractivity (Wildman–Crippen MR) is 54.4 cm³/mol. The first kappa shape index (κ1) is 9.73. The van der Waals surface area contributed by atoms with Crippen molar-refractivity contribution < 1.29 is 0 Å². The molecule has 1 aliphatic rings. The molecule has 0 saturated heterocycles. The number of hydrogen-bond acceptors (Lipinski definition) is 2. The minimum absolute atomic E-state index is 0.599. The fourth-order valence-corrected chi connectivity index (χ4v) is 1.30. The van der Waals surface area contributed by atoms with E-state index in [9.17, 15) is 0 Å². The van der Waals surface area contributed by atoms with Gasteiger partial charge in [-0.15, -0.1) is 0 Å². The van der Waals surface area contributed by atoms with Gasteiger partial charge in [0.05, 0.1) is 0 Å². The van der Waals surface area contributed by atoms with Gasteiger partial charge in [-0.2, -0.15) is 5.26 Å². The molecule has 68 valence electrons. The number of aliphatic imine (C=N–C) groups is 1.